The van der Waals surface area contributed by atoms with Crippen molar-refractivity contribution < 1.29 is 12.8 Å². The summed E-state index contributed by atoms with van der Waals surface area (Å²) in [7, 11) is 1.53. The lowest BCUT2D eigenvalue weighted by molar-refractivity contribution is 0.609. The molecule has 0 aliphatic rings. The van der Waals surface area contributed by atoms with Crippen molar-refractivity contribution in [1.29, 1.82) is 0 Å². The quantitative estimate of drug-likeness (QED) is 0.688. The van der Waals surface area contributed by atoms with Crippen LogP contribution in [0.3, 0.4) is 0 Å². The van der Waals surface area contributed by atoms with E-state index in [0.29, 0.717) is 5.58 Å². The Kier molecular flexibility index (Phi) is 1.82. The molecule has 1 aromatic heterocycles. The van der Waals surface area contributed by atoms with Crippen molar-refractivity contribution >= 4 is 30.7 Å². The minimum Gasteiger partial charge on any atom is -0.464 e. The summed E-state index contributed by atoms with van der Waals surface area (Å²) in [6, 6.07) is 6.14. The number of hydrogen-bond donors (Lipinski definition) is 0. The summed E-state index contributed by atoms with van der Waals surface area (Å²) in [5.74, 6) is 0. The maximum atomic E-state index is 10.9. The Bertz CT molecular complexity index is 541. The first kappa shape index (κ1) is 8.59. The summed E-state index contributed by atoms with van der Waals surface area (Å²) in [5.41, 5.74) is 0.643. The standard InChI is InChI=1S/C8H5ClO3S/c9-13(10,11)7-1-2-8-6(5-7)3-4-12-8/h1-5H. The number of benzene rings is 1. The molecule has 13 heavy (non-hydrogen) atoms. The van der Waals surface area contributed by atoms with Gasteiger partial charge in [0.1, 0.15) is 5.58 Å². The van der Waals surface area contributed by atoms with Gasteiger partial charge in [-0.3, -0.25) is 0 Å². The van der Waals surface area contributed by atoms with Crippen LogP contribution in [0, 0.1) is 0 Å². The molecule has 0 bridgehead atoms. The van der Waals surface area contributed by atoms with E-state index in [1.54, 1.807) is 12.1 Å². The fourth-order valence-corrected chi connectivity index (χ4v) is 1.88. The molecule has 0 N–H and O–H groups in total. The maximum absolute atomic E-state index is 10.9. The normalized spacial score (nSPS) is 12.1. The van der Waals surface area contributed by atoms with E-state index in [9.17, 15) is 8.42 Å². The summed E-state index contributed by atoms with van der Waals surface area (Å²) in [4.78, 5) is 0.0862. The van der Waals surface area contributed by atoms with E-state index in [1.165, 1.54) is 18.4 Å². The highest BCUT2D eigenvalue weighted by Crippen LogP contribution is 2.22. The Labute approximate surface area is 79.3 Å². The molecule has 68 valence electrons. The van der Waals surface area contributed by atoms with Crippen LogP contribution in [0.5, 0.6) is 0 Å². The smallest absolute Gasteiger partial charge is 0.261 e. The van der Waals surface area contributed by atoms with Crippen molar-refractivity contribution in [2.75, 3.05) is 0 Å². The second kappa shape index (κ2) is 2.75. The van der Waals surface area contributed by atoms with E-state index in [-0.39, 0.29) is 4.90 Å². The van der Waals surface area contributed by atoms with Gasteiger partial charge in [0, 0.05) is 16.1 Å². The largest absolute Gasteiger partial charge is 0.464 e. The molecule has 0 saturated carbocycles. The van der Waals surface area contributed by atoms with Crippen molar-refractivity contribution in [3.05, 3.63) is 30.5 Å². The Morgan fingerprint density at radius 2 is 2.00 bits per heavy atom. The van der Waals surface area contributed by atoms with Crippen LogP contribution in [0.4, 0.5) is 0 Å². The fourth-order valence-electron chi connectivity index (χ4n) is 1.10. The van der Waals surface area contributed by atoms with Gasteiger partial charge in [0.15, 0.2) is 0 Å². The van der Waals surface area contributed by atoms with Gasteiger partial charge in [-0.15, -0.1) is 0 Å². The number of furan rings is 1. The molecule has 0 fully saturated rings. The van der Waals surface area contributed by atoms with Crippen LogP contribution in [0.2, 0.25) is 0 Å². The minimum absolute atomic E-state index is 0.0862. The molecule has 0 aliphatic carbocycles. The van der Waals surface area contributed by atoms with Crippen LogP contribution < -0.4 is 0 Å². The molecule has 0 amide bonds. The van der Waals surface area contributed by atoms with Gasteiger partial charge < -0.3 is 4.42 Å². The van der Waals surface area contributed by atoms with E-state index < -0.39 is 9.05 Å². The first-order valence-electron chi connectivity index (χ1n) is 3.49. The van der Waals surface area contributed by atoms with Gasteiger partial charge in [0.2, 0.25) is 0 Å². The molecular weight excluding hydrogens is 212 g/mol. The molecule has 2 rings (SSSR count). The molecule has 2 aromatic rings. The number of fused-ring (bicyclic) bond motifs is 1. The molecule has 0 atom stereocenters. The topological polar surface area (TPSA) is 47.3 Å². The Morgan fingerprint density at radius 1 is 1.23 bits per heavy atom. The summed E-state index contributed by atoms with van der Waals surface area (Å²) in [5, 5.41) is 0.724. The molecule has 1 aromatic carbocycles. The molecular formula is C8H5ClO3S. The molecule has 0 aliphatic heterocycles. The highest BCUT2D eigenvalue weighted by molar-refractivity contribution is 8.13. The van der Waals surface area contributed by atoms with Gasteiger partial charge in [0.25, 0.3) is 9.05 Å². The van der Waals surface area contributed by atoms with E-state index in [2.05, 4.69) is 0 Å². The van der Waals surface area contributed by atoms with Crippen LogP contribution in [-0.2, 0) is 9.05 Å². The zero-order valence-corrected chi connectivity index (χ0v) is 7.97. The molecule has 1 heterocycles. The van der Waals surface area contributed by atoms with Crippen molar-refractivity contribution in [2.45, 2.75) is 4.90 Å². The Morgan fingerprint density at radius 3 is 2.69 bits per heavy atom. The molecule has 0 radical (unpaired) electrons. The van der Waals surface area contributed by atoms with Crippen LogP contribution in [0.25, 0.3) is 11.0 Å². The molecule has 0 saturated heterocycles. The molecule has 5 heteroatoms. The predicted octanol–water partition coefficient (Wildman–Crippen LogP) is 2.36. The predicted molar refractivity (Wildman–Crippen MR) is 49.3 cm³/mol. The first-order chi connectivity index (χ1) is 6.07. The lowest BCUT2D eigenvalue weighted by Crippen LogP contribution is -1.88. The highest BCUT2D eigenvalue weighted by atomic mass is 35.7. The first-order valence-corrected chi connectivity index (χ1v) is 5.80. The summed E-state index contributed by atoms with van der Waals surface area (Å²) in [6.07, 6.45) is 1.50. The van der Waals surface area contributed by atoms with Gasteiger partial charge in [-0.2, -0.15) is 0 Å². The second-order valence-electron chi connectivity index (χ2n) is 2.56. The van der Waals surface area contributed by atoms with Crippen LogP contribution in [-0.4, -0.2) is 8.42 Å². The molecule has 3 nitrogen and oxygen atoms in total. The summed E-state index contributed by atoms with van der Waals surface area (Å²) in [6.45, 7) is 0. The van der Waals surface area contributed by atoms with E-state index in [0.717, 1.165) is 5.39 Å². The van der Waals surface area contributed by atoms with Crippen LogP contribution in [0.15, 0.2) is 39.8 Å². The van der Waals surface area contributed by atoms with Gasteiger partial charge in [-0.05, 0) is 24.3 Å². The zero-order valence-electron chi connectivity index (χ0n) is 6.40. The highest BCUT2D eigenvalue weighted by Gasteiger charge is 2.10. The fraction of sp³-hybridized carbons (Fsp3) is 0. The number of rotatable bonds is 1. The Balaban J connectivity index is 2.75. The van der Waals surface area contributed by atoms with E-state index in [1.807, 2.05) is 0 Å². The SMILES string of the molecule is O=S(=O)(Cl)c1ccc2occc2c1. The van der Waals surface area contributed by atoms with Crippen molar-refractivity contribution in [3.8, 4) is 0 Å². The average Bonchev–Trinajstić information content (AvgIpc) is 2.47. The van der Waals surface area contributed by atoms with Crippen LogP contribution >= 0.6 is 10.7 Å². The zero-order chi connectivity index (χ0) is 9.47. The number of hydrogen-bond acceptors (Lipinski definition) is 3. The van der Waals surface area contributed by atoms with Crippen molar-refractivity contribution in [1.82, 2.24) is 0 Å². The van der Waals surface area contributed by atoms with Crippen molar-refractivity contribution in [3.63, 3.8) is 0 Å². The van der Waals surface area contributed by atoms with Gasteiger partial charge in [0.05, 0.1) is 11.2 Å². The maximum Gasteiger partial charge on any atom is 0.261 e. The number of halogens is 1. The third kappa shape index (κ3) is 1.55. The molecule has 0 unspecified atom stereocenters. The van der Waals surface area contributed by atoms with Crippen LogP contribution in [0.1, 0.15) is 0 Å². The lowest BCUT2D eigenvalue weighted by Gasteiger charge is -1.94. The van der Waals surface area contributed by atoms with Gasteiger partial charge >= 0.3 is 0 Å². The molecule has 0 spiro atoms. The Hall–Kier alpha value is -1.00. The summed E-state index contributed by atoms with van der Waals surface area (Å²) < 4.78 is 26.9. The van der Waals surface area contributed by atoms with Gasteiger partial charge in [-0.1, -0.05) is 0 Å². The van der Waals surface area contributed by atoms with Gasteiger partial charge in [-0.25, -0.2) is 8.42 Å². The van der Waals surface area contributed by atoms with Crippen molar-refractivity contribution in [2.24, 2.45) is 0 Å². The third-order valence-electron chi connectivity index (χ3n) is 1.71. The van der Waals surface area contributed by atoms with E-state index in [4.69, 9.17) is 15.1 Å². The van der Waals surface area contributed by atoms with E-state index >= 15 is 0 Å². The second-order valence-corrected chi connectivity index (χ2v) is 5.12. The lowest BCUT2D eigenvalue weighted by atomic mass is 10.3. The third-order valence-corrected chi connectivity index (χ3v) is 3.06. The minimum atomic E-state index is -3.64. The average molecular weight is 217 g/mol. The monoisotopic (exact) mass is 216 g/mol. The summed E-state index contributed by atoms with van der Waals surface area (Å²) >= 11 is 0.